The molecule has 2 aromatic carbocycles. The summed E-state index contributed by atoms with van der Waals surface area (Å²) in [5.41, 5.74) is -1.79. The maximum absolute atomic E-state index is 13.4. The van der Waals surface area contributed by atoms with Crippen molar-refractivity contribution in [1.29, 1.82) is 5.26 Å². The number of nitrogens with one attached hydrogen (secondary N) is 1. The number of aromatic nitrogens is 3. The van der Waals surface area contributed by atoms with Crippen LogP contribution in [0.25, 0.3) is 11.0 Å². The van der Waals surface area contributed by atoms with Gasteiger partial charge in [0.05, 0.1) is 27.7 Å². The number of fused-ring (bicyclic) bond motifs is 1. The van der Waals surface area contributed by atoms with Gasteiger partial charge >= 0.3 is 6.18 Å². The number of nitriles is 1. The predicted octanol–water partition coefficient (Wildman–Crippen LogP) is 5.68. The van der Waals surface area contributed by atoms with E-state index in [9.17, 15) is 27.6 Å². The van der Waals surface area contributed by atoms with Crippen LogP contribution in [0.15, 0.2) is 30.3 Å². The predicted molar refractivity (Wildman–Crippen MR) is 110 cm³/mol. The van der Waals surface area contributed by atoms with Crippen molar-refractivity contribution in [1.82, 2.24) is 20.3 Å². The number of carbonyl (C=O) groups is 1. The molecule has 0 fully saturated rings. The van der Waals surface area contributed by atoms with Crippen molar-refractivity contribution in [3.8, 4) is 6.07 Å². The van der Waals surface area contributed by atoms with E-state index in [0.29, 0.717) is 0 Å². The van der Waals surface area contributed by atoms with E-state index in [4.69, 9.17) is 34.8 Å². The first kappa shape index (κ1) is 24.0. The van der Waals surface area contributed by atoms with Gasteiger partial charge < -0.3 is 5.32 Å². The van der Waals surface area contributed by atoms with Crippen molar-refractivity contribution >= 4 is 51.7 Å². The molecule has 0 saturated heterocycles. The Morgan fingerprint density at radius 3 is 2.31 bits per heavy atom. The van der Waals surface area contributed by atoms with Crippen molar-refractivity contribution in [2.45, 2.75) is 31.4 Å². The maximum Gasteiger partial charge on any atom is 0.423 e. The smallest absolute Gasteiger partial charge is 0.332 e. The highest BCUT2D eigenvalue weighted by atomic mass is 35.5. The van der Waals surface area contributed by atoms with Gasteiger partial charge in [-0.3, -0.25) is 4.79 Å². The number of carbonyl (C=O) groups excluding carboxylic acids is 1. The van der Waals surface area contributed by atoms with E-state index in [1.807, 2.05) is 6.07 Å². The number of hydrogen-bond acceptors (Lipinski definition) is 4. The van der Waals surface area contributed by atoms with Crippen LogP contribution < -0.4 is 5.32 Å². The fraction of sp³-hybridized carbons (Fsp3) is 0.263. The Morgan fingerprint density at radius 1 is 1.16 bits per heavy atom. The SMILES string of the molecule is CC(C#N)(Cn1nc2c(Cl)cc(Cl)c(Cl)c2n1)NC(=O)c1ccc(C(F)C(F)(F)F)cc1. The van der Waals surface area contributed by atoms with Crippen LogP contribution in [-0.4, -0.2) is 32.6 Å². The van der Waals surface area contributed by atoms with E-state index in [1.165, 1.54) is 13.0 Å². The minimum absolute atomic E-state index is 0.0685. The Balaban J connectivity index is 1.80. The Hall–Kier alpha value is -2.61. The van der Waals surface area contributed by atoms with Crippen LogP contribution in [0, 0.1) is 11.3 Å². The van der Waals surface area contributed by atoms with Gasteiger partial charge in [0, 0.05) is 5.56 Å². The van der Waals surface area contributed by atoms with Crippen molar-refractivity contribution in [2.24, 2.45) is 0 Å². The number of rotatable bonds is 5. The standard InChI is InChI=1S/C19H12Cl3F4N5O/c1-18(7-27,8-31-29-14-12(21)6-11(20)13(22)15(14)30-31)28-17(32)10-4-2-9(3-5-10)16(23)19(24,25)26/h2-6,16H,8H2,1H3,(H,28,32). The second-order valence-electron chi connectivity index (χ2n) is 7.01. The van der Waals surface area contributed by atoms with E-state index in [0.717, 1.165) is 29.1 Å². The number of halogens is 7. The van der Waals surface area contributed by atoms with Crippen LogP contribution in [0.4, 0.5) is 17.6 Å². The molecular formula is C19H12Cl3F4N5O. The first-order valence-electron chi connectivity index (χ1n) is 8.77. The molecule has 1 heterocycles. The van der Waals surface area contributed by atoms with Gasteiger partial charge in [0.1, 0.15) is 16.6 Å². The summed E-state index contributed by atoms with van der Waals surface area (Å²) in [6.07, 6.45) is -8.23. The lowest BCUT2D eigenvalue weighted by Gasteiger charge is -2.22. The van der Waals surface area contributed by atoms with Gasteiger partial charge in [0.15, 0.2) is 0 Å². The van der Waals surface area contributed by atoms with E-state index >= 15 is 0 Å². The third-order valence-electron chi connectivity index (χ3n) is 4.40. The van der Waals surface area contributed by atoms with Crippen molar-refractivity contribution in [2.75, 3.05) is 0 Å². The topological polar surface area (TPSA) is 83.6 Å². The molecule has 2 unspecified atom stereocenters. The van der Waals surface area contributed by atoms with Crippen LogP contribution in [0.1, 0.15) is 29.0 Å². The highest BCUT2D eigenvalue weighted by molar-refractivity contribution is 6.47. The number of benzene rings is 2. The van der Waals surface area contributed by atoms with Gasteiger partial charge in [-0.2, -0.15) is 33.4 Å². The Bertz CT molecular complexity index is 1220. The molecule has 0 aliphatic heterocycles. The highest BCUT2D eigenvalue weighted by Crippen LogP contribution is 2.36. The molecule has 0 saturated carbocycles. The minimum Gasteiger partial charge on any atom is -0.332 e. The van der Waals surface area contributed by atoms with Crippen molar-refractivity contribution in [3.63, 3.8) is 0 Å². The maximum atomic E-state index is 13.4. The van der Waals surface area contributed by atoms with Gasteiger partial charge in [-0.25, -0.2) is 4.39 Å². The largest absolute Gasteiger partial charge is 0.423 e. The molecule has 0 spiro atoms. The van der Waals surface area contributed by atoms with E-state index < -0.39 is 29.4 Å². The number of alkyl halides is 4. The van der Waals surface area contributed by atoms with E-state index in [2.05, 4.69) is 15.5 Å². The van der Waals surface area contributed by atoms with Crippen molar-refractivity contribution < 1.29 is 22.4 Å². The minimum atomic E-state index is -5.06. The third-order valence-corrected chi connectivity index (χ3v) is 5.46. The summed E-state index contributed by atoms with van der Waals surface area (Å²) < 4.78 is 50.9. The molecule has 32 heavy (non-hydrogen) atoms. The molecule has 1 N–H and O–H groups in total. The highest BCUT2D eigenvalue weighted by Gasteiger charge is 2.41. The lowest BCUT2D eigenvalue weighted by atomic mass is 10.0. The fourth-order valence-corrected chi connectivity index (χ4v) is 3.46. The summed E-state index contributed by atoms with van der Waals surface area (Å²) in [6, 6.07) is 7.09. The molecule has 168 valence electrons. The van der Waals surface area contributed by atoms with Crippen LogP contribution in [0.2, 0.25) is 15.1 Å². The molecular weight excluding hydrogens is 497 g/mol. The molecule has 0 radical (unpaired) electrons. The molecule has 0 bridgehead atoms. The average Bonchev–Trinajstić information content (AvgIpc) is 3.15. The summed E-state index contributed by atoms with van der Waals surface area (Å²) >= 11 is 18.2. The van der Waals surface area contributed by atoms with Crippen molar-refractivity contribution in [3.05, 3.63) is 56.5 Å². The number of hydrogen-bond donors (Lipinski definition) is 1. The molecule has 3 aromatic rings. The molecule has 1 aromatic heterocycles. The molecule has 0 aliphatic rings. The quantitative estimate of drug-likeness (QED) is 0.355. The molecule has 13 heteroatoms. The van der Waals surface area contributed by atoms with Gasteiger partial charge in [-0.1, -0.05) is 46.9 Å². The zero-order chi connectivity index (χ0) is 23.8. The summed E-state index contributed by atoms with van der Waals surface area (Å²) in [5.74, 6) is -0.765. The summed E-state index contributed by atoms with van der Waals surface area (Å²) in [4.78, 5) is 13.6. The van der Waals surface area contributed by atoms with Crippen LogP contribution >= 0.6 is 34.8 Å². The lowest BCUT2D eigenvalue weighted by Crippen LogP contribution is -2.48. The number of amides is 1. The fourth-order valence-electron chi connectivity index (χ4n) is 2.78. The first-order chi connectivity index (χ1) is 14.8. The van der Waals surface area contributed by atoms with Crippen LogP contribution in [0.3, 0.4) is 0 Å². The summed E-state index contributed by atoms with van der Waals surface area (Å²) in [6.45, 7) is 1.18. The summed E-state index contributed by atoms with van der Waals surface area (Å²) in [7, 11) is 0. The second-order valence-corrected chi connectivity index (χ2v) is 8.20. The second kappa shape index (κ2) is 8.73. The van der Waals surface area contributed by atoms with Gasteiger partial charge in [-0.05, 0) is 30.7 Å². The normalized spacial score (nSPS) is 14.6. The zero-order valence-electron chi connectivity index (χ0n) is 16.0. The number of nitrogens with zero attached hydrogens (tertiary/aromatic N) is 4. The Kier molecular flexibility index (Phi) is 6.56. The molecule has 3 rings (SSSR count). The Labute approximate surface area is 193 Å². The molecule has 0 aliphatic carbocycles. The zero-order valence-corrected chi connectivity index (χ0v) is 18.3. The molecule has 2 atom stereocenters. The lowest BCUT2D eigenvalue weighted by molar-refractivity contribution is -0.182. The van der Waals surface area contributed by atoms with Gasteiger partial charge in [-0.15, -0.1) is 0 Å². The Morgan fingerprint density at radius 2 is 1.75 bits per heavy atom. The van der Waals surface area contributed by atoms with Crippen LogP contribution in [-0.2, 0) is 6.54 Å². The first-order valence-corrected chi connectivity index (χ1v) is 9.91. The van der Waals surface area contributed by atoms with Crippen LogP contribution in [0.5, 0.6) is 0 Å². The van der Waals surface area contributed by atoms with Gasteiger partial charge in [0.25, 0.3) is 5.91 Å². The average molecular weight is 509 g/mol. The third kappa shape index (κ3) is 4.90. The monoisotopic (exact) mass is 507 g/mol. The molecule has 1 amide bonds. The molecule has 6 nitrogen and oxygen atoms in total. The van der Waals surface area contributed by atoms with E-state index in [1.54, 1.807) is 0 Å². The summed E-state index contributed by atoms with van der Waals surface area (Å²) in [5, 5.41) is 20.8. The van der Waals surface area contributed by atoms with E-state index in [-0.39, 0.29) is 38.2 Å². The van der Waals surface area contributed by atoms with Gasteiger partial charge in [0.2, 0.25) is 6.17 Å².